The third-order valence-corrected chi connectivity index (χ3v) is 8.80. The Labute approximate surface area is 281 Å². The molecule has 0 aliphatic carbocycles. The zero-order chi connectivity index (χ0) is 35.5. The Bertz CT molecular complexity index is 2020. The van der Waals surface area contributed by atoms with Gasteiger partial charge in [0.2, 0.25) is 16.0 Å². The Morgan fingerprint density at radius 2 is 1.84 bits per heavy atom. The van der Waals surface area contributed by atoms with Gasteiger partial charge in [0, 0.05) is 48.8 Å². The number of alkyl halides is 1. The van der Waals surface area contributed by atoms with Crippen molar-refractivity contribution in [3.8, 4) is 11.1 Å². The van der Waals surface area contributed by atoms with E-state index in [2.05, 4.69) is 20.0 Å². The quantitative estimate of drug-likeness (QED) is 0.231. The van der Waals surface area contributed by atoms with Crippen molar-refractivity contribution in [1.82, 2.24) is 19.4 Å². The molecule has 0 spiro atoms. The average Bonchev–Trinajstić information content (AvgIpc) is 3.01. The van der Waals surface area contributed by atoms with E-state index in [1.165, 1.54) is 59.2 Å². The van der Waals surface area contributed by atoms with E-state index in [1.54, 1.807) is 20.8 Å². The largest absolute Gasteiger partial charge is 0.444 e. The van der Waals surface area contributed by atoms with Crippen molar-refractivity contribution in [2.45, 2.75) is 57.3 Å². The molecule has 1 aliphatic rings. The van der Waals surface area contributed by atoms with E-state index in [-0.39, 0.29) is 66.6 Å². The second kappa shape index (κ2) is 14.4. The third kappa shape index (κ3) is 8.86. The number of aromatic nitrogens is 3. The van der Waals surface area contributed by atoms with Crippen LogP contribution < -0.4 is 15.6 Å². The first-order valence-electron chi connectivity index (χ1n) is 15.4. The molecule has 2 aromatic carbocycles. The number of sulfonamides is 1. The third-order valence-electron chi connectivity index (χ3n) is 7.58. The molecule has 262 valence electrons. The van der Waals surface area contributed by atoms with Crippen LogP contribution in [0.4, 0.5) is 29.6 Å². The number of fused-ring (bicyclic) bond motifs is 1. The topological polar surface area (TPSA) is 145 Å². The van der Waals surface area contributed by atoms with Crippen LogP contribution in [-0.4, -0.2) is 78.6 Å². The summed E-state index contributed by atoms with van der Waals surface area (Å²) in [6.07, 6.45) is -0.390. The molecule has 3 heterocycles. The van der Waals surface area contributed by atoms with Crippen molar-refractivity contribution in [2.75, 3.05) is 36.8 Å². The van der Waals surface area contributed by atoms with E-state index in [9.17, 15) is 26.8 Å². The van der Waals surface area contributed by atoms with Gasteiger partial charge in [0.25, 0.3) is 5.56 Å². The minimum Gasteiger partial charge on any atom is -0.444 e. The molecule has 1 saturated heterocycles. The maximum Gasteiger partial charge on any atom is 0.410 e. The lowest BCUT2D eigenvalue weighted by Gasteiger charge is -2.36. The molecule has 2 aromatic heterocycles. The molecule has 2 N–H and O–H groups in total. The highest BCUT2D eigenvalue weighted by Gasteiger charge is 2.33. The van der Waals surface area contributed by atoms with Crippen LogP contribution in [0.25, 0.3) is 22.2 Å². The summed E-state index contributed by atoms with van der Waals surface area (Å²) >= 11 is 0. The second-order valence-corrected chi connectivity index (χ2v) is 14.4. The molecule has 1 amide bonds. The number of likely N-dealkylation sites (tertiary alicyclic amines) is 1. The summed E-state index contributed by atoms with van der Waals surface area (Å²) < 4.78 is 83.4. The normalized spacial score (nSPS) is 16.8. The number of pyridine rings is 1. The number of rotatable bonds is 10. The molecule has 0 saturated carbocycles. The Balaban J connectivity index is 1.41. The molecular weight excluding hydrogens is 665 g/mol. The molecule has 49 heavy (non-hydrogen) atoms. The van der Waals surface area contributed by atoms with Gasteiger partial charge in [-0.1, -0.05) is 24.3 Å². The zero-order valence-electron chi connectivity index (χ0n) is 27.4. The number of hydrogen-bond acceptors (Lipinski definition) is 9. The highest BCUT2D eigenvalue weighted by Crippen LogP contribution is 2.27. The standard InChI is InChI=1S/C33H37F3N6O6S/c1-33(2,3)48-32(44)41-17-23(34)15-24(18-41)38-31-37-16-22-13-25(30(43)42(11-12-47-4)29(22)39-31)20-9-10-28(27(36)14-20)40-49(45,46)19-21-7-5-6-8-26(21)35/h5-10,13-14,16,23-24,40H,11-12,15,17-19H2,1-4H3,(H,37,38,39)/t23-,24-/m0/s1. The number of piperidine rings is 1. The van der Waals surface area contributed by atoms with E-state index in [0.29, 0.717) is 5.39 Å². The molecular formula is C33H37F3N6O6S. The molecule has 0 radical (unpaired) electrons. The lowest BCUT2D eigenvalue weighted by Crippen LogP contribution is -2.51. The summed E-state index contributed by atoms with van der Waals surface area (Å²) in [6, 6.07) is 9.90. The van der Waals surface area contributed by atoms with Crippen LogP contribution in [0.3, 0.4) is 0 Å². The number of benzene rings is 2. The van der Waals surface area contributed by atoms with Gasteiger partial charge >= 0.3 is 6.09 Å². The number of carbonyl (C=O) groups excluding carboxylic acids is 1. The maximum atomic E-state index is 15.3. The number of carbonyl (C=O) groups is 1. The minimum atomic E-state index is -4.18. The number of ether oxygens (including phenoxy) is 2. The van der Waals surface area contributed by atoms with Gasteiger partial charge in [-0.25, -0.2) is 31.4 Å². The number of amides is 1. The number of nitrogens with one attached hydrogen (secondary N) is 2. The van der Waals surface area contributed by atoms with E-state index < -0.39 is 56.9 Å². The molecule has 0 unspecified atom stereocenters. The monoisotopic (exact) mass is 702 g/mol. The van der Waals surface area contributed by atoms with Gasteiger partial charge in [-0.3, -0.25) is 14.1 Å². The SMILES string of the molecule is COCCn1c(=O)c(-c2ccc(NS(=O)(=O)Cc3ccccc3F)c(F)c2)cc2cnc(N[C@H]3C[C@H](F)CN(C(=O)OC(C)(C)C)C3)nc21. The van der Waals surface area contributed by atoms with E-state index in [0.717, 1.165) is 12.1 Å². The minimum absolute atomic E-state index is 0.0755. The Morgan fingerprint density at radius 3 is 2.53 bits per heavy atom. The summed E-state index contributed by atoms with van der Waals surface area (Å²) in [5, 5.41) is 3.49. The molecule has 5 rings (SSSR count). The van der Waals surface area contributed by atoms with Crippen molar-refractivity contribution < 1.29 is 35.9 Å². The molecule has 1 aliphatic heterocycles. The van der Waals surface area contributed by atoms with Gasteiger partial charge in [-0.05, 0) is 50.6 Å². The van der Waals surface area contributed by atoms with Gasteiger partial charge in [-0.15, -0.1) is 0 Å². The van der Waals surface area contributed by atoms with Crippen molar-refractivity contribution in [2.24, 2.45) is 0 Å². The number of methoxy groups -OCH3 is 1. The molecule has 4 aromatic rings. The second-order valence-electron chi connectivity index (χ2n) is 12.7. The fourth-order valence-electron chi connectivity index (χ4n) is 5.41. The summed E-state index contributed by atoms with van der Waals surface area (Å²) in [7, 11) is -2.71. The Hall–Kier alpha value is -4.70. The predicted molar refractivity (Wildman–Crippen MR) is 178 cm³/mol. The lowest BCUT2D eigenvalue weighted by atomic mass is 10.0. The smallest absolute Gasteiger partial charge is 0.410 e. The van der Waals surface area contributed by atoms with Gasteiger partial charge in [0.05, 0.1) is 31.1 Å². The summed E-state index contributed by atoms with van der Waals surface area (Å²) in [5.74, 6) is -2.26. The van der Waals surface area contributed by atoms with Crippen molar-refractivity contribution >= 4 is 38.8 Å². The first kappa shape index (κ1) is 35.6. The van der Waals surface area contributed by atoms with Gasteiger partial charge < -0.3 is 19.7 Å². The van der Waals surface area contributed by atoms with Crippen LogP contribution in [0, 0.1) is 11.6 Å². The number of halogens is 3. The molecule has 16 heteroatoms. The van der Waals surface area contributed by atoms with Gasteiger partial charge in [0.15, 0.2) is 0 Å². The fraction of sp³-hybridized carbons (Fsp3) is 0.394. The van der Waals surface area contributed by atoms with Crippen LogP contribution >= 0.6 is 0 Å². The summed E-state index contributed by atoms with van der Waals surface area (Å²) in [5.41, 5.74) is -1.24. The Kier molecular flexibility index (Phi) is 10.5. The van der Waals surface area contributed by atoms with E-state index >= 15 is 4.39 Å². The van der Waals surface area contributed by atoms with Crippen LogP contribution in [0.2, 0.25) is 0 Å². The zero-order valence-corrected chi connectivity index (χ0v) is 28.2. The van der Waals surface area contributed by atoms with Crippen molar-refractivity contribution in [3.63, 3.8) is 0 Å². The average molecular weight is 703 g/mol. The van der Waals surface area contributed by atoms with Crippen LogP contribution in [0.1, 0.15) is 32.8 Å². The van der Waals surface area contributed by atoms with Crippen LogP contribution in [-0.2, 0) is 31.8 Å². The number of hydrogen-bond donors (Lipinski definition) is 2. The lowest BCUT2D eigenvalue weighted by molar-refractivity contribution is 0.0124. The van der Waals surface area contributed by atoms with Gasteiger partial charge in [0.1, 0.15) is 29.1 Å². The van der Waals surface area contributed by atoms with Gasteiger partial charge in [-0.2, -0.15) is 4.98 Å². The number of nitrogens with zero attached hydrogens (tertiary/aromatic N) is 4. The first-order chi connectivity index (χ1) is 23.1. The summed E-state index contributed by atoms with van der Waals surface area (Å²) in [6.45, 7) is 5.43. The molecule has 0 bridgehead atoms. The van der Waals surface area contributed by atoms with E-state index in [4.69, 9.17) is 9.47 Å². The van der Waals surface area contributed by atoms with Crippen LogP contribution in [0.15, 0.2) is 59.5 Å². The summed E-state index contributed by atoms with van der Waals surface area (Å²) in [4.78, 5) is 36.6. The highest BCUT2D eigenvalue weighted by molar-refractivity contribution is 7.91. The number of anilines is 2. The molecule has 2 atom stereocenters. The maximum absolute atomic E-state index is 15.3. The fourth-order valence-corrected chi connectivity index (χ4v) is 6.63. The molecule has 1 fully saturated rings. The Morgan fingerprint density at radius 1 is 1.08 bits per heavy atom. The van der Waals surface area contributed by atoms with E-state index in [1.807, 2.05) is 0 Å². The predicted octanol–water partition coefficient (Wildman–Crippen LogP) is 5.08. The van der Waals surface area contributed by atoms with Crippen LogP contribution in [0.5, 0.6) is 0 Å². The highest BCUT2D eigenvalue weighted by atomic mass is 32.2. The van der Waals surface area contributed by atoms with Crippen molar-refractivity contribution in [1.29, 1.82) is 0 Å². The first-order valence-corrected chi connectivity index (χ1v) is 17.1. The molecule has 12 nitrogen and oxygen atoms in total. The van der Waals surface area contributed by atoms with Crippen molar-refractivity contribution in [3.05, 3.63) is 82.3 Å².